The Morgan fingerprint density at radius 2 is 2.21 bits per heavy atom. The third kappa shape index (κ3) is 3.20. The molecule has 3 nitrogen and oxygen atoms in total. The summed E-state index contributed by atoms with van der Waals surface area (Å²) >= 11 is 0. The van der Waals surface area contributed by atoms with Crippen LogP contribution < -0.4 is 5.32 Å². The molecule has 4 heteroatoms. The highest BCUT2D eigenvalue weighted by Crippen LogP contribution is 2.22. The molecule has 0 spiro atoms. The molecule has 0 aliphatic heterocycles. The van der Waals surface area contributed by atoms with Crippen LogP contribution in [0.15, 0.2) is 30.6 Å². The Kier molecular flexibility index (Phi) is 4.32. The molecular formula is C15H20FN3. The van der Waals surface area contributed by atoms with Crippen molar-refractivity contribution in [3.05, 3.63) is 47.5 Å². The van der Waals surface area contributed by atoms with Crippen molar-refractivity contribution in [3.63, 3.8) is 0 Å². The maximum absolute atomic E-state index is 13.5. The van der Waals surface area contributed by atoms with Crippen molar-refractivity contribution >= 4 is 0 Å². The molecule has 1 aromatic heterocycles. The van der Waals surface area contributed by atoms with Gasteiger partial charge in [0.15, 0.2) is 0 Å². The molecule has 2 aromatic rings. The molecule has 1 atom stereocenters. The van der Waals surface area contributed by atoms with Crippen LogP contribution in [0.2, 0.25) is 0 Å². The Balaban J connectivity index is 2.37. The molecule has 0 aliphatic rings. The fourth-order valence-corrected chi connectivity index (χ4v) is 2.10. The summed E-state index contributed by atoms with van der Waals surface area (Å²) in [4.78, 5) is 0. The Bertz CT molecular complexity index is 548. The lowest BCUT2D eigenvalue weighted by Crippen LogP contribution is -2.21. The number of nitrogens with one attached hydrogen (secondary N) is 1. The van der Waals surface area contributed by atoms with Crippen LogP contribution in [-0.4, -0.2) is 16.3 Å². The molecule has 0 aliphatic carbocycles. The summed E-state index contributed by atoms with van der Waals surface area (Å²) in [7, 11) is 0. The average Bonchev–Trinajstić information content (AvgIpc) is 2.82. The van der Waals surface area contributed by atoms with Crippen LogP contribution in [0.5, 0.6) is 0 Å². The van der Waals surface area contributed by atoms with E-state index in [2.05, 4.69) is 17.3 Å². The van der Waals surface area contributed by atoms with Crippen molar-refractivity contribution in [1.82, 2.24) is 15.1 Å². The van der Waals surface area contributed by atoms with E-state index in [1.165, 1.54) is 6.07 Å². The molecule has 1 unspecified atom stereocenters. The molecule has 0 bridgehead atoms. The zero-order valence-electron chi connectivity index (χ0n) is 11.7. The largest absolute Gasteiger partial charge is 0.310 e. The smallest absolute Gasteiger partial charge is 0.123 e. The number of aryl methyl sites for hydroxylation is 1. The van der Waals surface area contributed by atoms with Crippen molar-refractivity contribution in [3.8, 4) is 5.69 Å². The predicted octanol–water partition coefficient (Wildman–Crippen LogP) is 3.38. The lowest BCUT2D eigenvalue weighted by atomic mass is 10.1. The normalized spacial score (nSPS) is 12.6. The van der Waals surface area contributed by atoms with Crippen molar-refractivity contribution in [1.29, 1.82) is 0 Å². The van der Waals surface area contributed by atoms with E-state index in [-0.39, 0.29) is 11.9 Å². The molecule has 102 valence electrons. The van der Waals surface area contributed by atoms with E-state index < -0.39 is 0 Å². The lowest BCUT2D eigenvalue weighted by molar-refractivity contribution is 0.558. The summed E-state index contributed by atoms with van der Waals surface area (Å²) in [6.07, 6.45) is 4.80. The van der Waals surface area contributed by atoms with Gasteiger partial charge >= 0.3 is 0 Å². The van der Waals surface area contributed by atoms with Crippen molar-refractivity contribution in [2.45, 2.75) is 33.2 Å². The van der Waals surface area contributed by atoms with Gasteiger partial charge in [0.25, 0.3) is 0 Å². The molecular weight excluding hydrogens is 241 g/mol. The van der Waals surface area contributed by atoms with E-state index in [1.807, 2.05) is 20.0 Å². The number of benzene rings is 1. The molecule has 1 aromatic carbocycles. The molecule has 0 radical (unpaired) electrons. The summed E-state index contributed by atoms with van der Waals surface area (Å²) in [5, 5.41) is 7.69. The maximum Gasteiger partial charge on any atom is 0.123 e. The zero-order chi connectivity index (χ0) is 13.8. The summed E-state index contributed by atoms with van der Waals surface area (Å²) in [5.74, 6) is -0.215. The Hall–Kier alpha value is -1.68. The predicted molar refractivity (Wildman–Crippen MR) is 75.0 cm³/mol. The van der Waals surface area contributed by atoms with Crippen LogP contribution in [-0.2, 0) is 0 Å². The second-order valence-electron chi connectivity index (χ2n) is 4.84. The van der Waals surface area contributed by atoms with Gasteiger partial charge in [-0.1, -0.05) is 6.92 Å². The minimum atomic E-state index is -0.215. The molecule has 0 amide bonds. The van der Waals surface area contributed by atoms with Crippen molar-refractivity contribution in [2.24, 2.45) is 0 Å². The number of rotatable bonds is 5. The fourth-order valence-electron chi connectivity index (χ4n) is 2.10. The van der Waals surface area contributed by atoms with Crippen LogP contribution in [0.3, 0.4) is 0 Å². The third-order valence-corrected chi connectivity index (χ3v) is 3.12. The van der Waals surface area contributed by atoms with Crippen LogP contribution >= 0.6 is 0 Å². The molecule has 0 saturated carbocycles. The topological polar surface area (TPSA) is 29.9 Å². The van der Waals surface area contributed by atoms with Gasteiger partial charge in [0, 0.05) is 12.2 Å². The molecule has 0 fully saturated rings. The second kappa shape index (κ2) is 5.97. The van der Waals surface area contributed by atoms with Crippen LogP contribution in [0.25, 0.3) is 5.69 Å². The minimum Gasteiger partial charge on any atom is -0.310 e. The van der Waals surface area contributed by atoms with E-state index in [1.54, 1.807) is 23.0 Å². The molecule has 2 rings (SSSR count). The molecule has 1 N–H and O–H groups in total. The van der Waals surface area contributed by atoms with Gasteiger partial charge in [-0.25, -0.2) is 9.07 Å². The second-order valence-corrected chi connectivity index (χ2v) is 4.84. The fraction of sp³-hybridized carbons (Fsp3) is 0.400. The van der Waals surface area contributed by atoms with E-state index in [4.69, 9.17) is 0 Å². The van der Waals surface area contributed by atoms with E-state index >= 15 is 0 Å². The monoisotopic (exact) mass is 261 g/mol. The zero-order valence-corrected chi connectivity index (χ0v) is 11.7. The van der Waals surface area contributed by atoms with Gasteiger partial charge in [-0.15, -0.1) is 0 Å². The van der Waals surface area contributed by atoms with Gasteiger partial charge in [-0.05, 0) is 56.1 Å². The average molecular weight is 261 g/mol. The van der Waals surface area contributed by atoms with Gasteiger partial charge in [0.2, 0.25) is 0 Å². The maximum atomic E-state index is 13.5. The van der Waals surface area contributed by atoms with Gasteiger partial charge in [-0.3, -0.25) is 0 Å². The van der Waals surface area contributed by atoms with E-state index in [0.717, 1.165) is 29.8 Å². The number of hydrogen-bond donors (Lipinski definition) is 1. The first-order valence-corrected chi connectivity index (χ1v) is 6.66. The van der Waals surface area contributed by atoms with E-state index in [0.29, 0.717) is 0 Å². The van der Waals surface area contributed by atoms with Crippen molar-refractivity contribution in [2.75, 3.05) is 6.54 Å². The Labute approximate surface area is 113 Å². The number of halogens is 1. The number of nitrogens with zero attached hydrogens (tertiary/aromatic N) is 2. The van der Waals surface area contributed by atoms with Gasteiger partial charge in [-0.2, -0.15) is 5.10 Å². The SMILES string of the molecule is CCCNC(C)c1cc(F)ccc1-n1cc(C)cn1. The number of hydrogen-bond acceptors (Lipinski definition) is 2. The number of aromatic nitrogens is 2. The summed E-state index contributed by atoms with van der Waals surface area (Å²) in [6.45, 7) is 7.06. The summed E-state index contributed by atoms with van der Waals surface area (Å²) in [6, 6.07) is 4.93. The third-order valence-electron chi connectivity index (χ3n) is 3.12. The highest BCUT2D eigenvalue weighted by atomic mass is 19.1. The van der Waals surface area contributed by atoms with Crippen molar-refractivity contribution < 1.29 is 4.39 Å². The summed E-state index contributed by atoms with van der Waals surface area (Å²) in [5.41, 5.74) is 2.94. The van der Waals surface area contributed by atoms with E-state index in [9.17, 15) is 4.39 Å². The molecule has 0 saturated heterocycles. The van der Waals surface area contributed by atoms with Crippen LogP contribution in [0.1, 0.15) is 37.4 Å². The minimum absolute atomic E-state index is 0.0927. The van der Waals surface area contributed by atoms with Crippen LogP contribution in [0, 0.1) is 12.7 Å². The Morgan fingerprint density at radius 1 is 1.42 bits per heavy atom. The highest BCUT2D eigenvalue weighted by molar-refractivity contribution is 5.43. The van der Waals surface area contributed by atoms with Gasteiger partial charge < -0.3 is 5.32 Å². The van der Waals surface area contributed by atoms with Gasteiger partial charge in [0.1, 0.15) is 5.82 Å². The lowest BCUT2D eigenvalue weighted by Gasteiger charge is -2.18. The van der Waals surface area contributed by atoms with Crippen LogP contribution in [0.4, 0.5) is 4.39 Å². The standard InChI is InChI=1S/C15H20FN3/c1-4-7-17-12(3)14-8-13(16)5-6-15(14)19-10-11(2)9-18-19/h5-6,8-10,12,17H,4,7H2,1-3H3. The first-order valence-electron chi connectivity index (χ1n) is 6.66. The molecule has 1 heterocycles. The highest BCUT2D eigenvalue weighted by Gasteiger charge is 2.13. The first-order chi connectivity index (χ1) is 9.11. The quantitative estimate of drug-likeness (QED) is 0.894. The van der Waals surface area contributed by atoms with Gasteiger partial charge in [0.05, 0.1) is 11.9 Å². The Morgan fingerprint density at radius 3 is 2.84 bits per heavy atom. The molecule has 19 heavy (non-hydrogen) atoms. The summed E-state index contributed by atoms with van der Waals surface area (Å²) < 4.78 is 15.3. The first kappa shape index (κ1) is 13.7.